The second-order valence-corrected chi connectivity index (χ2v) is 6.02. The lowest BCUT2D eigenvalue weighted by Crippen LogP contribution is -2.44. The van der Waals surface area contributed by atoms with E-state index >= 15 is 0 Å². The fourth-order valence-electron chi connectivity index (χ4n) is 2.92. The first-order valence-corrected chi connectivity index (χ1v) is 7.40. The van der Waals surface area contributed by atoms with E-state index in [0.717, 1.165) is 30.8 Å². The Bertz CT molecular complexity index is 452. The van der Waals surface area contributed by atoms with Crippen molar-refractivity contribution >= 4 is 5.91 Å². The molecule has 112 valence electrons. The molecule has 0 N–H and O–H groups in total. The van der Waals surface area contributed by atoms with Gasteiger partial charge in [-0.1, -0.05) is 13.8 Å². The van der Waals surface area contributed by atoms with Gasteiger partial charge >= 0.3 is 0 Å². The van der Waals surface area contributed by atoms with Crippen LogP contribution in [0.15, 0.2) is 16.7 Å². The van der Waals surface area contributed by atoms with Crippen LogP contribution in [0.5, 0.6) is 0 Å². The van der Waals surface area contributed by atoms with Crippen LogP contribution in [0.1, 0.15) is 38.0 Å². The van der Waals surface area contributed by atoms with Crippen molar-refractivity contribution in [3.05, 3.63) is 23.7 Å². The molecule has 2 rings (SSSR count). The number of hydrogen-bond acceptors (Lipinski definition) is 3. The Morgan fingerprint density at radius 1 is 1.50 bits per heavy atom. The molecule has 2 heterocycles. The number of furan rings is 1. The minimum atomic E-state index is -0.0130. The first-order valence-electron chi connectivity index (χ1n) is 7.40. The van der Waals surface area contributed by atoms with E-state index in [4.69, 9.17) is 9.15 Å². The van der Waals surface area contributed by atoms with Gasteiger partial charge in [0.2, 0.25) is 5.91 Å². The molecule has 4 heteroatoms. The van der Waals surface area contributed by atoms with Gasteiger partial charge in [-0.2, -0.15) is 0 Å². The molecule has 0 unspecified atom stereocenters. The Labute approximate surface area is 121 Å². The monoisotopic (exact) mass is 279 g/mol. The number of nitrogens with zero attached hydrogens (tertiary/aromatic N) is 1. The molecule has 1 amide bonds. The Hall–Kier alpha value is -1.29. The molecule has 1 aliphatic rings. The molecule has 0 saturated carbocycles. The van der Waals surface area contributed by atoms with Crippen molar-refractivity contribution in [1.82, 2.24) is 4.90 Å². The number of ether oxygens (including phenoxy) is 1. The Morgan fingerprint density at radius 3 is 2.85 bits per heavy atom. The number of hydrogen-bond donors (Lipinski definition) is 0. The Balaban J connectivity index is 2.03. The third-order valence-electron chi connectivity index (χ3n) is 4.09. The second kappa shape index (κ2) is 6.44. The number of carbonyl (C=O) groups is 1. The van der Waals surface area contributed by atoms with Gasteiger partial charge in [0.1, 0.15) is 5.76 Å². The fraction of sp³-hybridized carbons (Fsp3) is 0.688. The summed E-state index contributed by atoms with van der Waals surface area (Å²) in [5.74, 6) is 1.42. The topological polar surface area (TPSA) is 42.7 Å². The van der Waals surface area contributed by atoms with E-state index in [1.807, 2.05) is 20.0 Å². The predicted molar refractivity (Wildman–Crippen MR) is 77.2 cm³/mol. The number of rotatable bonds is 4. The van der Waals surface area contributed by atoms with Gasteiger partial charge in [-0.15, -0.1) is 0 Å². The lowest BCUT2D eigenvalue weighted by molar-refractivity contribution is -0.147. The van der Waals surface area contributed by atoms with Crippen LogP contribution < -0.4 is 0 Å². The highest BCUT2D eigenvalue weighted by Crippen LogP contribution is 2.28. The standard InChI is InChI=1S/C16H25NO3/c1-11(2)15-14(6-5-8-20-15)16(18)17(4)10-13-7-9-19-12(13)3/h7,9,11,14-15H,5-6,8,10H2,1-4H3/t14-,15+/m1/s1. The first-order chi connectivity index (χ1) is 9.50. The van der Waals surface area contributed by atoms with Gasteiger partial charge < -0.3 is 14.1 Å². The summed E-state index contributed by atoms with van der Waals surface area (Å²) >= 11 is 0. The van der Waals surface area contributed by atoms with Gasteiger partial charge in [-0.05, 0) is 31.7 Å². The second-order valence-electron chi connectivity index (χ2n) is 6.02. The number of amides is 1. The molecular formula is C16H25NO3. The van der Waals surface area contributed by atoms with Crippen molar-refractivity contribution < 1.29 is 13.9 Å². The lowest BCUT2D eigenvalue weighted by Gasteiger charge is -2.35. The molecule has 4 nitrogen and oxygen atoms in total. The smallest absolute Gasteiger partial charge is 0.228 e. The van der Waals surface area contributed by atoms with Crippen LogP contribution in [-0.4, -0.2) is 30.6 Å². The summed E-state index contributed by atoms with van der Waals surface area (Å²) in [6, 6.07) is 1.93. The van der Waals surface area contributed by atoms with E-state index in [2.05, 4.69) is 13.8 Å². The van der Waals surface area contributed by atoms with Crippen molar-refractivity contribution in [1.29, 1.82) is 0 Å². The third-order valence-corrected chi connectivity index (χ3v) is 4.09. The van der Waals surface area contributed by atoms with Crippen LogP contribution >= 0.6 is 0 Å². The summed E-state index contributed by atoms with van der Waals surface area (Å²) in [6.07, 6.45) is 3.61. The van der Waals surface area contributed by atoms with Gasteiger partial charge in [-0.3, -0.25) is 4.79 Å². The molecular weight excluding hydrogens is 254 g/mol. The molecule has 0 aliphatic carbocycles. The molecule has 0 bridgehead atoms. The SMILES string of the molecule is Cc1occc1CN(C)C(=O)[C@@H]1CCCO[C@H]1C(C)C. The molecule has 0 radical (unpaired) electrons. The summed E-state index contributed by atoms with van der Waals surface area (Å²) in [7, 11) is 1.86. The van der Waals surface area contributed by atoms with E-state index < -0.39 is 0 Å². The zero-order valence-electron chi connectivity index (χ0n) is 12.9. The molecule has 0 aromatic carbocycles. The Kier molecular flexibility index (Phi) is 4.86. The predicted octanol–water partition coefficient (Wildman–Crippen LogP) is 3.00. The van der Waals surface area contributed by atoms with E-state index in [0.29, 0.717) is 12.5 Å². The van der Waals surface area contributed by atoms with Gasteiger partial charge in [-0.25, -0.2) is 0 Å². The first kappa shape index (κ1) is 15.1. The highest BCUT2D eigenvalue weighted by Gasteiger charge is 2.35. The molecule has 1 aliphatic heterocycles. The van der Waals surface area contributed by atoms with Crippen LogP contribution in [0.25, 0.3) is 0 Å². The summed E-state index contributed by atoms with van der Waals surface area (Å²) in [6.45, 7) is 7.54. The average Bonchev–Trinajstić information content (AvgIpc) is 2.83. The van der Waals surface area contributed by atoms with E-state index in [9.17, 15) is 4.79 Å². The van der Waals surface area contributed by atoms with Crippen LogP contribution in [0, 0.1) is 18.8 Å². The van der Waals surface area contributed by atoms with E-state index in [1.165, 1.54) is 0 Å². The molecule has 1 saturated heterocycles. The zero-order valence-corrected chi connectivity index (χ0v) is 12.9. The van der Waals surface area contributed by atoms with Gasteiger partial charge in [0.05, 0.1) is 18.3 Å². The van der Waals surface area contributed by atoms with Gasteiger partial charge in [0.25, 0.3) is 0 Å². The maximum atomic E-state index is 12.7. The van der Waals surface area contributed by atoms with Crippen molar-refractivity contribution in [3.63, 3.8) is 0 Å². The molecule has 2 atom stereocenters. The highest BCUT2D eigenvalue weighted by molar-refractivity contribution is 5.79. The third kappa shape index (κ3) is 3.23. The summed E-state index contributed by atoms with van der Waals surface area (Å²) in [5, 5.41) is 0. The highest BCUT2D eigenvalue weighted by atomic mass is 16.5. The molecule has 0 spiro atoms. The van der Waals surface area contributed by atoms with Gasteiger partial charge in [0, 0.05) is 25.8 Å². The van der Waals surface area contributed by atoms with Gasteiger partial charge in [0.15, 0.2) is 0 Å². The largest absolute Gasteiger partial charge is 0.469 e. The maximum absolute atomic E-state index is 12.7. The van der Waals surface area contributed by atoms with Crippen molar-refractivity contribution in [3.8, 4) is 0 Å². The summed E-state index contributed by atoms with van der Waals surface area (Å²) in [5.41, 5.74) is 1.07. The lowest BCUT2D eigenvalue weighted by atomic mass is 9.86. The number of carbonyl (C=O) groups excluding carboxylic acids is 1. The minimum absolute atomic E-state index is 0.0130. The average molecular weight is 279 g/mol. The quantitative estimate of drug-likeness (QED) is 0.851. The summed E-state index contributed by atoms with van der Waals surface area (Å²) < 4.78 is 11.1. The molecule has 1 aromatic heterocycles. The van der Waals surface area contributed by atoms with E-state index in [1.54, 1.807) is 11.2 Å². The van der Waals surface area contributed by atoms with Crippen LogP contribution in [0.3, 0.4) is 0 Å². The van der Waals surface area contributed by atoms with Crippen molar-refractivity contribution in [2.24, 2.45) is 11.8 Å². The maximum Gasteiger partial charge on any atom is 0.228 e. The molecule has 1 aromatic rings. The minimum Gasteiger partial charge on any atom is -0.469 e. The van der Waals surface area contributed by atoms with E-state index in [-0.39, 0.29) is 17.9 Å². The Morgan fingerprint density at radius 2 is 2.25 bits per heavy atom. The zero-order chi connectivity index (χ0) is 14.7. The summed E-state index contributed by atoms with van der Waals surface area (Å²) in [4.78, 5) is 14.5. The normalized spacial score (nSPS) is 23.1. The molecule has 1 fully saturated rings. The van der Waals surface area contributed by atoms with Crippen molar-refractivity contribution in [2.75, 3.05) is 13.7 Å². The van der Waals surface area contributed by atoms with Crippen LogP contribution in [0.4, 0.5) is 0 Å². The van der Waals surface area contributed by atoms with Crippen LogP contribution in [-0.2, 0) is 16.1 Å². The van der Waals surface area contributed by atoms with Crippen molar-refractivity contribution in [2.45, 2.75) is 46.3 Å². The fourth-order valence-corrected chi connectivity index (χ4v) is 2.92. The molecule has 20 heavy (non-hydrogen) atoms. The number of aryl methyl sites for hydroxylation is 1. The van der Waals surface area contributed by atoms with Crippen LogP contribution in [0.2, 0.25) is 0 Å².